The first-order valence-corrected chi connectivity index (χ1v) is 6.79. The van der Waals surface area contributed by atoms with Gasteiger partial charge < -0.3 is 5.11 Å². The van der Waals surface area contributed by atoms with Gasteiger partial charge in [0.15, 0.2) is 0 Å². The fourth-order valence-electron chi connectivity index (χ4n) is 2.31. The Hall–Kier alpha value is -0.450. The van der Waals surface area contributed by atoms with Gasteiger partial charge in [0.05, 0.1) is 5.60 Å². The van der Waals surface area contributed by atoms with Crippen molar-refractivity contribution in [1.29, 1.82) is 0 Å². The molecule has 1 aliphatic heterocycles. The van der Waals surface area contributed by atoms with E-state index in [2.05, 4.69) is 31.9 Å². The molecule has 94 valence electrons. The lowest BCUT2D eigenvalue weighted by Crippen LogP contribution is -2.33. The molecule has 0 spiro atoms. The molecule has 1 aromatic heterocycles. The van der Waals surface area contributed by atoms with Crippen molar-refractivity contribution < 1.29 is 5.11 Å². The Kier molecular flexibility index (Phi) is 3.85. The summed E-state index contributed by atoms with van der Waals surface area (Å²) in [5.41, 5.74) is 0.664. The molecule has 1 N–H and O–H groups in total. The van der Waals surface area contributed by atoms with Crippen LogP contribution in [0.5, 0.6) is 0 Å². The van der Waals surface area contributed by atoms with Crippen LogP contribution in [0, 0.1) is 5.92 Å². The van der Waals surface area contributed by atoms with E-state index in [0.29, 0.717) is 5.92 Å². The van der Waals surface area contributed by atoms with E-state index in [9.17, 15) is 5.11 Å². The standard InChI is InChI=1S/C13H19BrN2O/c1-13(2,17)11-5-6-16(9-11)8-10-3-4-12(14)15-7-10/h3-4,7,11,17H,5-6,8-9H2,1-2H3. The van der Waals surface area contributed by atoms with Gasteiger partial charge in [-0.15, -0.1) is 0 Å². The fourth-order valence-corrected chi connectivity index (χ4v) is 2.55. The molecule has 2 rings (SSSR count). The van der Waals surface area contributed by atoms with Gasteiger partial charge in [0.25, 0.3) is 0 Å². The summed E-state index contributed by atoms with van der Waals surface area (Å²) >= 11 is 3.34. The fraction of sp³-hybridized carbons (Fsp3) is 0.615. The molecule has 4 heteroatoms. The predicted octanol–water partition coefficient (Wildman–Crippen LogP) is 2.44. The zero-order valence-electron chi connectivity index (χ0n) is 10.4. The number of aliphatic hydroxyl groups is 1. The Morgan fingerprint density at radius 1 is 1.53 bits per heavy atom. The second kappa shape index (κ2) is 5.04. The molecule has 1 atom stereocenters. The summed E-state index contributed by atoms with van der Waals surface area (Å²) in [6.45, 7) is 6.77. The third-order valence-corrected chi connectivity index (χ3v) is 3.94. The van der Waals surface area contributed by atoms with E-state index in [4.69, 9.17) is 0 Å². The van der Waals surface area contributed by atoms with Crippen LogP contribution < -0.4 is 0 Å². The van der Waals surface area contributed by atoms with E-state index in [1.54, 1.807) is 0 Å². The van der Waals surface area contributed by atoms with Crippen LogP contribution in [-0.2, 0) is 6.54 Å². The summed E-state index contributed by atoms with van der Waals surface area (Å²) in [5.74, 6) is 0.380. The van der Waals surface area contributed by atoms with E-state index in [1.165, 1.54) is 5.56 Å². The monoisotopic (exact) mass is 298 g/mol. The second-order valence-corrected chi connectivity index (χ2v) is 6.18. The summed E-state index contributed by atoms with van der Waals surface area (Å²) < 4.78 is 0.872. The third-order valence-electron chi connectivity index (χ3n) is 3.47. The average molecular weight is 299 g/mol. The molecule has 1 aliphatic rings. The van der Waals surface area contributed by atoms with Crippen molar-refractivity contribution in [3.05, 3.63) is 28.5 Å². The molecule has 0 amide bonds. The molecule has 0 radical (unpaired) electrons. The molecule has 3 nitrogen and oxygen atoms in total. The molecular formula is C13H19BrN2O. The summed E-state index contributed by atoms with van der Waals surface area (Å²) in [6, 6.07) is 4.06. The Labute approximate surface area is 111 Å². The molecule has 0 aliphatic carbocycles. The maximum atomic E-state index is 9.99. The van der Waals surface area contributed by atoms with Crippen molar-refractivity contribution in [2.45, 2.75) is 32.4 Å². The molecule has 2 heterocycles. The molecule has 1 aromatic rings. The minimum absolute atomic E-state index is 0.380. The van der Waals surface area contributed by atoms with Gasteiger partial charge >= 0.3 is 0 Å². The van der Waals surface area contributed by atoms with Crippen molar-refractivity contribution >= 4 is 15.9 Å². The number of halogens is 1. The zero-order valence-corrected chi connectivity index (χ0v) is 11.9. The minimum atomic E-state index is -0.563. The molecule has 0 bridgehead atoms. The van der Waals surface area contributed by atoms with Gasteiger partial charge in [0.1, 0.15) is 4.60 Å². The van der Waals surface area contributed by atoms with E-state index in [0.717, 1.165) is 30.7 Å². The molecule has 0 saturated carbocycles. The summed E-state index contributed by atoms with van der Waals surface area (Å²) in [7, 11) is 0. The maximum Gasteiger partial charge on any atom is 0.106 e. The molecular weight excluding hydrogens is 280 g/mol. The Morgan fingerprint density at radius 2 is 2.29 bits per heavy atom. The van der Waals surface area contributed by atoms with Crippen molar-refractivity contribution in [2.24, 2.45) is 5.92 Å². The zero-order chi connectivity index (χ0) is 12.5. The van der Waals surface area contributed by atoms with Gasteiger partial charge in [0, 0.05) is 25.2 Å². The summed E-state index contributed by atoms with van der Waals surface area (Å²) in [5, 5.41) is 9.99. The van der Waals surface area contributed by atoms with Crippen molar-refractivity contribution in [1.82, 2.24) is 9.88 Å². The van der Waals surface area contributed by atoms with Crippen LogP contribution in [0.2, 0.25) is 0 Å². The molecule has 17 heavy (non-hydrogen) atoms. The van der Waals surface area contributed by atoms with Crippen LogP contribution in [0.3, 0.4) is 0 Å². The third kappa shape index (κ3) is 3.50. The molecule has 1 fully saturated rings. The lowest BCUT2D eigenvalue weighted by atomic mass is 9.90. The van der Waals surface area contributed by atoms with Gasteiger partial charge in [-0.3, -0.25) is 4.90 Å². The number of pyridine rings is 1. The average Bonchev–Trinajstić information content (AvgIpc) is 2.69. The number of nitrogens with zero attached hydrogens (tertiary/aromatic N) is 2. The van der Waals surface area contributed by atoms with Gasteiger partial charge in [-0.05, 0) is 54.4 Å². The number of likely N-dealkylation sites (tertiary alicyclic amines) is 1. The first-order chi connectivity index (χ1) is 7.95. The van der Waals surface area contributed by atoms with Crippen molar-refractivity contribution in [3.63, 3.8) is 0 Å². The second-order valence-electron chi connectivity index (χ2n) is 5.36. The van der Waals surface area contributed by atoms with Crippen LogP contribution in [0.25, 0.3) is 0 Å². The van der Waals surface area contributed by atoms with Crippen LogP contribution in [0.1, 0.15) is 25.8 Å². The molecule has 1 unspecified atom stereocenters. The van der Waals surface area contributed by atoms with Crippen molar-refractivity contribution in [3.8, 4) is 0 Å². The Balaban J connectivity index is 1.92. The van der Waals surface area contributed by atoms with Crippen LogP contribution in [-0.4, -0.2) is 33.7 Å². The molecule has 0 aromatic carbocycles. The van der Waals surface area contributed by atoms with E-state index >= 15 is 0 Å². The summed E-state index contributed by atoms with van der Waals surface area (Å²) in [6.07, 6.45) is 2.98. The lowest BCUT2D eigenvalue weighted by molar-refractivity contribution is 0.0208. The van der Waals surface area contributed by atoms with Gasteiger partial charge in [-0.25, -0.2) is 4.98 Å². The van der Waals surface area contributed by atoms with Gasteiger partial charge in [-0.2, -0.15) is 0 Å². The van der Waals surface area contributed by atoms with E-state index in [1.807, 2.05) is 26.1 Å². The highest BCUT2D eigenvalue weighted by atomic mass is 79.9. The topological polar surface area (TPSA) is 36.4 Å². The molecule has 1 saturated heterocycles. The smallest absolute Gasteiger partial charge is 0.106 e. The van der Waals surface area contributed by atoms with Crippen molar-refractivity contribution in [2.75, 3.05) is 13.1 Å². The van der Waals surface area contributed by atoms with Crippen LogP contribution in [0.4, 0.5) is 0 Å². The number of aromatic nitrogens is 1. The highest BCUT2D eigenvalue weighted by Gasteiger charge is 2.33. The predicted molar refractivity (Wildman–Crippen MR) is 71.6 cm³/mol. The Morgan fingerprint density at radius 3 is 2.82 bits per heavy atom. The normalized spacial score (nSPS) is 22.0. The summed E-state index contributed by atoms with van der Waals surface area (Å²) in [4.78, 5) is 6.61. The van der Waals surface area contributed by atoms with Crippen LogP contribution >= 0.6 is 15.9 Å². The maximum absolute atomic E-state index is 9.99. The highest BCUT2D eigenvalue weighted by molar-refractivity contribution is 9.10. The van der Waals surface area contributed by atoms with E-state index < -0.39 is 5.60 Å². The quantitative estimate of drug-likeness (QED) is 0.871. The first kappa shape index (κ1) is 13.0. The number of hydrogen-bond donors (Lipinski definition) is 1. The minimum Gasteiger partial charge on any atom is -0.390 e. The Bertz CT molecular complexity index is 372. The van der Waals surface area contributed by atoms with E-state index in [-0.39, 0.29) is 0 Å². The number of rotatable bonds is 3. The lowest BCUT2D eigenvalue weighted by Gasteiger charge is -2.25. The largest absolute Gasteiger partial charge is 0.390 e. The van der Waals surface area contributed by atoms with Gasteiger partial charge in [0.2, 0.25) is 0 Å². The number of hydrogen-bond acceptors (Lipinski definition) is 3. The first-order valence-electron chi connectivity index (χ1n) is 6.00. The highest BCUT2D eigenvalue weighted by Crippen LogP contribution is 2.27. The van der Waals surface area contributed by atoms with Crippen LogP contribution in [0.15, 0.2) is 22.9 Å². The van der Waals surface area contributed by atoms with Gasteiger partial charge in [-0.1, -0.05) is 6.07 Å². The SMILES string of the molecule is CC(C)(O)C1CCN(Cc2ccc(Br)nc2)C1.